The van der Waals surface area contributed by atoms with Gasteiger partial charge in [0.1, 0.15) is 0 Å². The zero-order valence-corrected chi connectivity index (χ0v) is 12.4. The summed E-state index contributed by atoms with van der Waals surface area (Å²) in [4.78, 5) is 13.7. The van der Waals surface area contributed by atoms with Crippen molar-refractivity contribution in [1.29, 1.82) is 0 Å². The van der Waals surface area contributed by atoms with Crippen LogP contribution in [0.4, 0.5) is 5.69 Å². The number of ether oxygens (including phenoxy) is 1. The number of carbonyl (C=O) groups excluding carboxylic acids is 1. The molecule has 0 saturated heterocycles. The van der Waals surface area contributed by atoms with Gasteiger partial charge in [0, 0.05) is 25.2 Å². The Bertz CT molecular complexity index is 431. The van der Waals surface area contributed by atoms with E-state index in [1.54, 1.807) is 0 Å². The number of aryl methyl sites for hydroxylation is 1. The van der Waals surface area contributed by atoms with Crippen molar-refractivity contribution in [3.05, 3.63) is 29.8 Å². The Morgan fingerprint density at radius 1 is 1.25 bits per heavy atom. The number of anilines is 1. The van der Waals surface area contributed by atoms with Gasteiger partial charge in [-0.2, -0.15) is 0 Å². The van der Waals surface area contributed by atoms with Gasteiger partial charge in [-0.1, -0.05) is 24.6 Å². The van der Waals surface area contributed by atoms with Crippen LogP contribution in [0.25, 0.3) is 0 Å². The van der Waals surface area contributed by atoms with Crippen molar-refractivity contribution in [2.75, 3.05) is 24.6 Å². The van der Waals surface area contributed by atoms with Gasteiger partial charge in [0.05, 0.1) is 6.61 Å². The van der Waals surface area contributed by atoms with Gasteiger partial charge in [-0.3, -0.25) is 4.79 Å². The number of fused-ring (bicyclic) bond motifs is 1. The summed E-state index contributed by atoms with van der Waals surface area (Å²) in [6.45, 7) is 4.60. The van der Waals surface area contributed by atoms with E-state index in [0.29, 0.717) is 13.0 Å². The molecule has 0 aromatic heterocycles. The standard InChI is InChI=1S/C17H25NO2/c1-2-20-17(19)12-4-3-7-13-18-14-8-10-15-9-5-6-11-16(15)18/h5-6,9,11H,2-4,7-8,10,12-14H2,1H3. The summed E-state index contributed by atoms with van der Waals surface area (Å²) in [5.41, 5.74) is 2.88. The van der Waals surface area contributed by atoms with E-state index in [2.05, 4.69) is 29.2 Å². The minimum absolute atomic E-state index is 0.0594. The molecule has 0 atom stereocenters. The van der Waals surface area contributed by atoms with E-state index in [1.807, 2.05) is 6.92 Å². The Balaban J connectivity index is 1.69. The van der Waals surface area contributed by atoms with Gasteiger partial charge < -0.3 is 9.64 Å². The van der Waals surface area contributed by atoms with Crippen LogP contribution in [0.5, 0.6) is 0 Å². The number of esters is 1. The Kier molecular flexibility index (Phi) is 5.90. The molecule has 0 unspecified atom stereocenters. The third kappa shape index (κ3) is 4.26. The van der Waals surface area contributed by atoms with Crippen LogP contribution in [-0.4, -0.2) is 25.7 Å². The van der Waals surface area contributed by atoms with E-state index in [-0.39, 0.29) is 5.97 Å². The molecule has 0 fully saturated rings. The maximum atomic E-state index is 11.2. The van der Waals surface area contributed by atoms with Crippen LogP contribution in [0.3, 0.4) is 0 Å². The lowest BCUT2D eigenvalue weighted by atomic mass is 10.0. The molecule has 1 aliphatic heterocycles. The minimum atomic E-state index is -0.0594. The van der Waals surface area contributed by atoms with Crippen LogP contribution in [0.15, 0.2) is 24.3 Å². The third-order valence-corrected chi connectivity index (χ3v) is 3.82. The molecule has 1 aromatic rings. The predicted octanol–water partition coefficient (Wildman–Crippen LogP) is 3.56. The van der Waals surface area contributed by atoms with Crippen molar-refractivity contribution in [3.63, 3.8) is 0 Å². The topological polar surface area (TPSA) is 29.5 Å². The fraction of sp³-hybridized carbons (Fsp3) is 0.588. The molecule has 0 saturated carbocycles. The zero-order chi connectivity index (χ0) is 14.2. The molecule has 3 nitrogen and oxygen atoms in total. The highest BCUT2D eigenvalue weighted by Gasteiger charge is 2.15. The van der Waals surface area contributed by atoms with Crippen molar-refractivity contribution < 1.29 is 9.53 Å². The molecule has 0 spiro atoms. The number of rotatable bonds is 7. The van der Waals surface area contributed by atoms with Crippen molar-refractivity contribution >= 4 is 11.7 Å². The van der Waals surface area contributed by atoms with E-state index in [0.717, 1.165) is 32.4 Å². The van der Waals surface area contributed by atoms with E-state index >= 15 is 0 Å². The van der Waals surface area contributed by atoms with Crippen LogP contribution in [0, 0.1) is 0 Å². The molecule has 2 rings (SSSR count). The van der Waals surface area contributed by atoms with Crippen LogP contribution in [0.1, 0.15) is 44.6 Å². The molecule has 0 aliphatic carbocycles. The SMILES string of the molecule is CCOC(=O)CCCCCN1CCCc2ccccc21. The maximum Gasteiger partial charge on any atom is 0.305 e. The molecule has 1 aromatic carbocycles. The smallest absolute Gasteiger partial charge is 0.305 e. The highest BCUT2D eigenvalue weighted by Crippen LogP contribution is 2.26. The summed E-state index contributed by atoms with van der Waals surface area (Å²) in [6.07, 6.45) is 6.19. The van der Waals surface area contributed by atoms with Crippen LogP contribution < -0.4 is 4.90 Å². The number of hydrogen-bond donors (Lipinski definition) is 0. The lowest BCUT2D eigenvalue weighted by Gasteiger charge is -2.31. The van der Waals surface area contributed by atoms with Gasteiger partial charge in [-0.25, -0.2) is 0 Å². The molecule has 0 amide bonds. The monoisotopic (exact) mass is 275 g/mol. The first-order valence-corrected chi connectivity index (χ1v) is 7.79. The van der Waals surface area contributed by atoms with Crippen molar-refractivity contribution in [2.24, 2.45) is 0 Å². The fourth-order valence-electron chi connectivity index (χ4n) is 2.83. The Morgan fingerprint density at radius 3 is 2.95 bits per heavy atom. The molecule has 110 valence electrons. The summed E-state index contributed by atoms with van der Waals surface area (Å²) >= 11 is 0. The lowest BCUT2D eigenvalue weighted by Crippen LogP contribution is -2.30. The number of nitrogens with zero attached hydrogens (tertiary/aromatic N) is 1. The fourth-order valence-corrected chi connectivity index (χ4v) is 2.83. The first-order valence-electron chi connectivity index (χ1n) is 7.79. The summed E-state index contributed by atoms with van der Waals surface area (Å²) in [6, 6.07) is 8.72. The average Bonchev–Trinajstić information content (AvgIpc) is 2.47. The number of unbranched alkanes of at least 4 members (excludes halogenated alkanes) is 2. The third-order valence-electron chi connectivity index (χ3n) is 3.82. The van der Waals surface area contributed by atoms with Gasteiger partial charge >= 0.3 is 5.97 Å². The van der Waals surface area contributed by atoms with E-state index in [4.69, 9.17) is 4.74 Å². The van der Waals surface area contributed by atoms with Gasteiger partial charge in [0.25, 0.3) is 0 Å². The maximum absolute atomic E-state index is 11.2. The van der Waals surface area contributed by atoms with Gasteiger partial charge in [-0.05, 0) is 44.2 Å². The molecule has 1 aliphatic rings. The molecular formula is C17H25NO2. The van der Waals surface area contributed by atoms with Gasteiger partial charge in [0.2, 0.25) is 0 Å². The molecule has 1 heterocycles. The van der Waals surface area contributed by atoms with Crippen LogP contribution in [-0.2, 0) is 16.0 Å². The van der Waals surface area contributed by atoms with E-state index in [1.165, 1.54) is 24.1 Å². The number of hydrogen-bond acceptors (Lipinski definition) is 3. The quantitative estimate of drug-likeness (QED) is 0.563. The second kappa shape index (κ2) is 7.93. The number of para-hydroxylation sites is 1. The molecular weight excluding hydrogens is 250 g/mol. The number of carbonyl (C=O) groups is 1. The highest BCUT2D eigenvalue weighted by atomic mass is 16.5. The first kappa shape index (κ1) is 14.9. The molecule has 0 N–H and O–H groups in total. The van der Waals surface area contributed by atoms with E-state index in [9.17, 15) is 4.79 Å². The van der Waals surface area contributed by atoms with E-state index < -0.39 is 0 Å². The molecule has 20 heavy (non-hydrogen) atoms. The van der Waals surface area contributed by atoms with Crippen molar-refractivity contribution in [2.45, 2.75) is 45.4 Å². The minimum Gasteiger partial charge on any atom is -0.466 e. The van der Waals surface area contributed by atoms with Crippen molar-refractivity contribution in [3.8, 4) is 0 Å². The number of benzene rings is 1. The highest BCUT2D eigenvalue weighted by molar-refractivity contribution is 5.69. The Labute approximate surface area is 121 Å². The van der Waals surface area contributed by atoms with Crippen molar-refractivity contribution in [1.82, 2.24) is 0 Å². The molecule has 0 radical (unpaired) electrons. The normalized spacial score (nSPS) is 13.9. The second-order valence-electron chi connectivity index (χ2n) is 5.33. The Morgan fingerprint density at radius 2 is 2.10 bits per heavy atom. The predicted molar refractivity (Wildman–Crippen MR) is 82.1 cm³/mol. The summed E-state index contributed by atoms with van der Waals surface area (Å²) < 4.78 is 4.94. The lowest BCUT2D eigenvalue weighted by molar-refractivity contribution is -0.143. The largest absolute Gasteiger partial charge is 0.466 e. The van der Waals surface area contributed by atoms with Gasteiger partial charge in [-0.15, -0.1) is 0 Å². The molecule has 0 bridgehead atoms. The molecule has 3 heteroatoms. The Hall–Kier alpha value is -1.51. The summed E-state index contributed by atoms with van der Waals surface area (Å²) in [7, 11) is 0. The van der Waals surface area contributed by atoms with Crippen LogP contribution in [0.2, 0.25) is 0 Å². The summed E-state index contributed by atoms with van der Waals surface area (Å²) in [5, 5.41) is 0. The van der Waals surface area contributed by atoms with Gasteiger partial charge in [0.15, 0.2) is 0 Å². The zero-order valence-electron chi connectivity index (χ0n) is 12.4. The second-order valence-corrected chi connectivity index (χ2v) is 5.33. The van der Waals surface area contributed by atoms with Crippen LogP contribution >= 0.6 is 0 Å². The first-order chi connectivity index (χ1) is 9.81. The summed E-state index contributed by atoms with van der Waals surface area (Å²) in [5.74, 6) is -0.0594. The average molecular weight is 275 g/mol.